The van der Waals surface area contributed by atoms with Crippen LogP contribution in [0, 0.1) is 5.82 Å². The van der Waals surface area contributed by atoms with Crippen LogP contribution in [0.1, 0.15) is 25.2 Å². The number of methoxy groups -OCH3 is 1. The van der Waals surface area contributed by atoms with Crippen molar-refractivity contribution < 1.29 is 27.8 Å². The van der Waals surface area contributed by atoms with Crippen LogP contribution in [-0.2, 0) is 10.2 Å². The highest BCUT2D eigenvalue weighted by atomic mass is 35.5. The molecule has 2 aromatic carbocycles. The van der Waals surface area contributed by atoms with Crippen molar-refractivity contribution in [3.8, 4) is 23.3 Å². The van der Waals surface area contributed by atoms with Gasteiger partial charge in [-0.2, -0.15) is 0 Å². The molecule has 0 radical (unpaired) electrons. The van der Waals surface area contributed by atoms with E-state index in [2.05, 4.69) is 15.5 Å². The number of nitrogens with one attached hydrogen (secondary N) is 1. The molecule has 0 unspecified atom stereocenters. The van der Waals surface area contributed by atoms with Gasteiger partial charge in [0.15, 0.2) is 6.61 Å². The summed E-state index contributed by atoms with van der Waals surface area (Å²) in [5.41, 5.74) is -0.529. The maximum atomic E-state index is 13.5. The normalized spacial score (nSPS) is 23.0. The Morgan fingerprint density at radius 2 is 1.81 bits per heavy atom. The predicted molar refractivity (Wildman–Crippen MR) is 111 cm³/mol. The molecular formula is C22H19ClFN3O5. The Balaban J connectivity index is 1.12. The van der Waals surface area contributed by atoms with E-state index in [0.717, 1.165) is 11.8 Å². The van der Waals surface area contributed by atoms with Crippen LogP contribution in [0.25, 0.3) is 0 Å². The number of amides is 1. The second-order valence-corrected chi connectivity index (χ2v) is 8.56. The minimum Gasteiger partial charge on any atom is -0.497 e. The van der Waals surface area contributed by atoms with Crippen LogP contribution in [0.4, 0.5) is 4.39 Å². The third-order valence-corrected chi connectivity index (χ3v) is 6.13. The summed E-state index contributed by atoms with van der Waals surface area (Å²) in [5, 5.41) is 11.1. The van der Waals surface area contributed by atoms with Gasteiger partial charge in [0.25, 0.3) is 5.91 Å². The number of nitrogens with zero attached hydrogens (tertiary/aromatic N) is 2. The van der Waals surface area contributed by atoms with Crippen LogP contribution >= 0.6 is 11.6 Å². The monoisotopic (exact) mass is 459 g/mol. The van der Waals surface area contributed by atoms with Gasteiger partial charge in [-0.3, -0.25) is 4.79 Å². The number of ether oxygens (including phenoxy) is 3. The van der Waals surface area contributed by atoms with Crippen molar-refractivity contribution in [2.24, 2.45) is 0 Å². The van der Waals surface area contributed by atoms with Crippen molar-refractivity contribution in [1.29, 1.82) is 0 Å². The molecule has 1 amide bonds. The van der Waals surface area contributed by atoms with Crippen LogP contribution in [0.5, 0.6) is 23.3 Å². The molecule has 3 aliphatic rings. The van der Waals surface area contributed by atoms with E-state index in [1.165, 1.54) is 12.1 Å². The molecule has 10 heteroatoms. The Hall–Kier alpha value is -3.33. The van der Waals surface area contributed by atoms with E-state index in [0.29, 0.717) is 30.9 Å². The molecule has 3 fully saturated rings. The molecule has 8 nitrogen and oxygen atoms in total. The molecule has 0 aliphatic heterocycles. The van der Waals surface area contributed by atoms with E-state index < -0.39 is 5.82 Å². The maximum Gasteiger partial charge on any atom is 0.420 e. The van der Waals surface area contributed by atoms with E-state index in [-0.39, 0.29) is 40.3 Å². The number of benzene rings is 2. The number of carbonyl (C=O) groups is 1. The smallest absolute Gasteiger partial charge is 0.420 e. The number of hydrogen-bond donors (Lipinski definition) is 1. The van der Waals surface area contributed by atoms with Crippen molar-refractivity contribution in [3.63, 3.8) is 0 Å². The molecule has 1 heterocycles. The molecule has 2 bridgehead atoms. The van der Waals surface area contributed by atoms with Gasteiger partial charge in [0.1, 0.15) is 23.1 Å². The fourth-order valence-electron chi connectivity index (χ4n) is 4.40. The van der Waals surface area contributed by atoms with Crippen molar-refractivity contribution in [2.45, 2.75) is 30.2 Å². The van der Waals surface area contributed by atoms with Gasteiger partial charge in [-0.05, 0) is 55.7 Å². The lowest BCUT2D eigenvalue weighted by molar-refractivity contribution is -0.143. The summed E-state index contributed by atoms with van der Waals surface area (Å²) < 4.78 is 35.2. The number of rotatable bonds is 8. The lowest BCUT2D eigenvalue weighted by Crippen LogP contribution is -2.77. The predicted octanol–water partition coefficient (Wildman–Crippen LogP) is 4.03. The molecule has 0 saturated heterocycles. The minimum atomic E-state index is -0.596. The molecule has 3 saturated carbocycles. The van der Waals surface area contributed by atoms with Crippen molar-refractivity contribution in [2.75, 3.05) is 13.7 Å². The lowest BCUT2D eigenvalue weighted by atomic mass is 9.39. The zero-order valence-corrected chi connectivity index (χ0v) is 17.8. The average Bonchev–Trinajstić information content (AvgIpc) is 3.19. The van der Waals surface area contributed by atoms with Crippen LogP contribution in [-0.4, -0.2) is 35.4 Å². The number of hydrogen-bond acceptors (Lipinski definition) is 7. The van der Waals surface area contributed by atoms with Gasteiger partial charge in [-0.15, -0.1) is 5.10 Å². The molecule has 1 N–H and O–H groups in total. The quantitative estimate of drug-likeness (QED) is 0.543. The molecule has 3 aliphatic carbocycles. The van der Waals surface area contributed by atoms with Crippen molar-refractivity contribution >= 4 is 17.5 Å². The highest BCUT2D eigenvalue weighted by Gasteiger charge is 2.71. The van der Waals surface area contributed by atoms with Gasteiger partial charge in [0, 0.05) is 11.6 Å². The van der Waals surface area contributed by atoms with E-state index in [9.17, 15) is 9.18 Å². The Morgan fingerprint density at radius 1 is 1.12 bits per heavy atom. The topological polar surface area (TPSA) is 95.7 Å². The third kappa shape index (κ3) is 3.73. The van der Waals surface area contributed by atoms with E-state index in [4.69, 9.17) is 30.2 Å². The van der Waals surface area contributed by atoms with Crippen LogP contribution in [0.2, 0.25) is 5.02 Å². The van der Waals surface area contributed by atoms with Gasteiger partial charge in [-0.25, -0.2) is 4.39 Å². The highest BCUT2D eigenvalue weighted by molar-refractivity contribution is 6.30. The first-order chi connectivity index (χ1) is 15.4. The standard InChI is InChI=1S/C22H19ClFN3O5/c1-29-13-2-4-14(5-3-13)31-20-27-26-19(32-20)21-10-22(11-21,12-21)25-18(28)9-30-15-6-7-16(23)17(24)8-15/h2-8H,9-12H2,1H3,(H,25,28). The molecule has 1 aromatic heterocycles. The Labute approximate surface area is 187 Å². The second-order valence-electron chi connectivity index (χ2n) is 8.15. The van der Waals surface area contributed by atoms with E-state index in [1.807, 2.05) is 0 Å². The van der Waals surface area contributed by atoms with Crippen molar-refractivity contribution in [3.05, 3.63) is 59.2 Å². The number of carbonyl (C=O) groups excluding carboxylic acids is 1. The van der Waals surface area contributed by atoms with Gasteiger partial charge in [0.05, 0.1) is 17.5 Å². The molecule has 32 heavy (non-hydrogen) atoms. The SMILES string of the molecule is COc1ccc(Oc2nnc(C34CC(NC(=O)COc5ccc(Cl)c(F)c5)(C3)C4)o2)cc1. The molecule has 6 rings (SSSR count). The Bertz CT molecular complexity index is 1150. The van der Waals surface area contributed by atoms with Gasteiger partial charge in [0.2, 0.25) is 5.89 Å². The summed E-state index contributed by atoms with van der Waals surface area (Å²) in [6, 6.07) is 11.1. The molecule has 166 valence electrons. The molecule has 3 aromatic rings. The summed E-state index contributed by atoms with van der Waals surface area (Å²) in [7, 11) is 1.59. The highest BCUT2D eigenvalue weighted by Crippen LogP contribution is 2.67. The Morgan fingerprint density at radius 3 is 2.50 bits per heavy atom. The van der Waals surface area contributed by atoms with Gasteiger partial charge in [-0.1, -0.05) is 16.7 Å². The van der Waals surface area contributed by atoms with Crippen LogP contribution < -0.4 is 19.5 Å². The Kier molecular flexibility index (Phi) is 4.93. The summed E-state index contributed by atoms with van der Waals surface area (Å²) in [6.45, 7) is -0.212. The minimum absolute atomic E-state index is 0.000418. The third-order valence-electron chi connectivity index (χ3n) is 5.82. The fourth-order valence-corrected chi connectivity index (χ4v) is 4.52. The second kappa shape index (κ2) is 7.67. The first-order valence-corrected chi connectivity index (χ1v) is 10.3. The maximum absolute atomic E-state index is 13.5. The lowest BCUT2D eigenvalue weighted by Gasteiger charge is -2.68. The van der Waals surface area contributed by atoms with E-state index in [1.54, 1.807) is 31.4 Å². The zero-order valence-electron chi connectivity index (χ0n) is 17.1. The largest absolute Gasteiger partial charge is 0.497 e. The van der Waals surface area contributed by atoms with Gasteiger partial charge < -0.3 is 23.9 Å². The molecule has 0 spiro atoms. The first-order valence-electron chi connectivity index (χ1n) is 9.94. The molecular weight excluding hydrogens is 441 g/mol. The van der Waals surface area contributed by atoms with Crippen LogP contribution in [0.3, 0.4) is 0 Å². The van der Waals surface area contributed by atoms with Crippen LogP contribution in [0.15, 0.2) is 46.9 Å². The summed E-state index contributed by atoms with van der Waals surface area (Å²) in [6.07, 6.45) is 2.17. The molecule has 0 atom stereocenters. The fraction of sp³-hybridized carbons (Fsp3) is 0.318. The summed E-state index contributed by atoms with van der Waals surface area (Å²) in [5.74, 6) is 1.15. The summed E-state index contributed by atoms with van der Waals surface area (Å²) in [4.78, 5) is 12.3. The van der Waals surface area contributed by atoms with Crippen molar-refractivity contribution in [1.82, 2.24) is 15.5 Å². The number of aromatic nitrogens is 2. The van der Waals surface area contributed by atoms with Gasteiger partial charge >= 0.3 is 6.08 Å². The first kappa shape index (κ1) is 20.6. The summed E-state index contributed by atoms with van der Waals surface area (Å²) >= 11 is 5.64. The number of halogens is 2. The average molecular weight is 460 g/mol. The zero-order chi connectivity index (χ0) is 22.3. The van der Waals surface area contributed by atoms with E-state index >= 15 is 0 Å².